The number of hydrogen-bond acceptors (Lipinski definition) is 9. The first kappa shape index (κ1) is 27.7. The molecule has 1 fully saturated rings. The lowest BCUT2D eigenvalue weighted by atomic mass is 10.1. The maximum Gasteiger partial charge on any atom is 0.310 e. The number of aliphatic hydroxyl groups is 2. The molecule has 1 aliphatic rings. The summed E-state index contributed by atoms with van der Waals surface area (Å²) in [5, 5.41) is 34.4. The van der Waals surface area contributed by atoms with Gasteiger partial charge in [0.15, 0.2) is 17.7 Å². The van der Waals surface area contributed by atoms with Gasteiger partial charge in [0.05, 0.1) is 12.2 Å². The highest BCUT2D eigenvalue weighted by atomic mass is 32.2. The molecule has 2 aromatic rings. The van der Waals surface area contributed by atoms with Crippen molar-refractivity contribution < 1.29 is 24.9 Å². The molecule has 1 saturated heterocycles. The first-order valence-electron chi connectivity index (χ1n) is 11.8. The molecular weight excluding hydrogens is 488 g/mol. The molecule has 3 rings (SSSR count). The zero-order valence-corrected chi connectivity index (χ0v) is 20.9. The number of hydrogen-bond donors (Lipinski definition) is 4. The van der Waals surface area contributed by atoms with Gasteiger partial charge in [0.1, 0.15) is 47.4 Å². The van der Waals surface area contributed by atoms with Crippen molar-refractivity contribution in [3.8, 4) is 0 Å². The molecule has 2 unspecified atom stereocenters. The van der Waals surface area contributed by atoms with Crippen molar-refractivity contribution in [2.45, 2.75) is 57.1 Å². The molecule has 0 aromatic carbocycles. The number of ether oxygens (including phenoxy) is 1. The number of allylic oxidation sites excluding steroid dienone is 1. The molecule has 13 nitrogen and oxygen atoms in total. The van der Waals surface area contributed by atoms with Crippen LogP contribution in [0.2, 0.25) is 0 Å². The van der Waals surface area contributed by atoms with Crippen LogP contribution in [0.15, 0.2) is 29.9 Å². The summed E-state index contributed by atoms with van der Waals surface area (Å²) >= 11 is 0. The van der Waals surface area contributed by atoms with E-state index in [-0.39, 0.29) is 5.82 Å². The third kappa shape index (κ3) is 7.08. The minimum absolute atomic E-state index is 0.204. The van der Waals surface area contributed by atoms with Crippen LogP contribution < -0.4 is 5.73 Å². The largest absolute Gasteiger partial charge is 0.481 e. The smallest absolute Gasteiger partial charge is 0.310 e. The summed E-state index contributed by atoms with van der Waals surface area (Å²) in [5.41, 5.74) is 14.9. The monoisotopic (exact) mass is 521 g/mol. The van der Waals surface area contributed by atoms with Gasteiger partial charge in [-0.25, -0.2) is 15.0 Å². The minimum Gasteiger partial charge on any atom is -0.481 e. The molecule has 0 bridgehead atoms. The molecule has 2 aromatic heterocycles. The number of nitrogen functional groups attached to an aromatic ring is 1. The zero-order chi connectivity index (χ0) is 26.1. The number of carboxylic acid groups (broad SMARTS) is 1. The Balaban J connectivity index is 1.62. The lowest BCUT2D eigenvalue weighted by Gasteiger charge is -2.17. The molecule has 6 atom stereocenters. The lowest BCUT2D eigenvalue weighted by Crippen LogP contribution is -2.37. The molecule has 196 valence electrons. The molecule has 3 heterocycles. The molecular formula is C22H33N8O5S+. The Morgan fingerprint density at radius 2 is 2.11 bits per heavy atom. The van der Waals surface area contributed by atoms with Crippen LogP contribution in [0.1, 0.15) is 38.8 Å². The average Bonchev–Trinajstić information content (AvgIpc) is 3.40. The quantitative estimate of drug-likeness (QED) is 0.0712. The topological polar surface area (TPSA) is 205 Å². The standard InChI is InChI=1S/C22H32N8O5S/c1-14(22(33)34)10-36(9-7-5-3-2-4-6-8-28-29-24)11-15-17(31)18(32)21(35-15)30-13-27-16-19(23)25-12-26-20(16)30/h5,7,12-15,17-18,21,31-32H,2-4,6,8-11H2,1H3,(H2-,23,25,26,33,34)/p+1/b7-5+/t14-,15+,17-,18?,21+,36?/m0/s1. The number of aliphatic carboxylic acids is 1. The summed E-state index contributed by atoms with van der Waals surface area (Å²) in [7, 11) is -0.394. The van der Waals surface area contributed by atoms with Crippen LogP contribution in [0.25, 0.3) is 21.6 Å². The van der Waals surface area contributed by atoms with Crippen LogP contribution >= 0.6 is 0 Å². The Morgan fingerprint density at radius 3 is 2.86 bits per heavy atom. The predicted octanol–water partition coefficient (Wildman–Crippen LogP) is 1.79. The number of carbonyl (C=O) groups is 1. The van der Waals surface area contributed by atoms with Crippen molar-refractivity contribution in [1.82, 2.24) is 19.5 Å². The minimum atomic E-state index is -1.22. The van der Waals surface area contributed by atoms with E-state index in [0.29, 0.717) is 35.0 Å². The maximum atomic E-state index is 11.5. The second-order valence-electron chi connectivity index (χ2n) is 8.76. The van der Waals surface area contributed by atoms with Gasteiger partial charge in [-0.3, -0.25) is 9.36 Å². The van der Waals surface area contributed by atoms with Crippen molar-refractivity contribution >= 4 is 33.8 Å². The molecule has 0 saturated carbocycles. The van der Waals surface area contributed by atoms with Crippen molar-refractivity contribution in [2.75, 3.05) is 29.5 Å². The highest BCUT2D eigenvalue weighted by Gasteiger charge is 2.47. The number of azide groups is 1. The summed E-state index contributed by atoms with van der Waals surface area (Å²) in [6, 6.07) is 0. The number of nitrogens with zero attached hydrogens (tertiary/aromatic N) is 7. The van der Waals surface area contributed by atoms with Gasteiger partial charge in [-0.05, 0) is 48.7 Å². The fourth-order valence-corrected chi connectivity index (χ4v) is 6.41. The van der Waals surface area contributed by atoms with Gasteiger partial charge < -0.3 is 25.8 Å². The first-order chi connectivity index (χ1) is 17.3. The van der Waals surface area contributed by atoms with Crippen molar-refractivity contribution in [2.24, 2.45) is 11.0 Å². The second kappa shape index (κ2) is 13.4. The second-order valence-corrected chi connectivity index (χ2v) is 11.0. The van der Waals surface area contributed by atoms with E-state index in [2.05, 4.69) is 31.1 Å². The van der Waals surface area contributed by atoms with E-state index < -0.39 is 47.3 Å². The van der Waals surface area contributed by atoms with Crippen LogP contribution in [0, 0.1) is 5.92 Å². The maximum absolute atomic E-state index is 11.5. The van der Waals surface area contributed by atoms with Gasteiger partial charge in [-0.2, -0.15) is 0 Å². The first-order valence-corrected chi connectivity index (χ1v) is 13.5. The Hall–Kier alpha value is -2.90. The number of anilines is 1. The molecule has 0 spiro atoms. The summed E-state index contributed by atoms with van der Waals surface area (Å²) in [5.74, 6) is 0.295. The Kier molecular flexibility index (Phi) is 10.3. The highest BCUT2D eigenvalue weighted by molar-refractivity contribution is 7.97. The number of unbranched alkanes of at least 4 members (excludes halogenated alkanes) is 3. The van der Waals surface area contributed by atoms with E-state index in [1.165, 1.54) is 17.2 Å². The molecule has 1 aliphatic heterocycles. The fourth-order valence-electron chi connectivity index (χ4n) is 4.00. The number of fused-ring (bicyclic) bond motifs is 1. The molecule has 0 amide bonds. The van der Waals surface area contributed by atoms with E-state index in [0.717, 1.165) is 25.7 Å². The summed E-state index contributed by atoms with van der Waals surface area (Å²) < 4.78 is 7.59. The normalized spacial score (nSPS) is 23.6. The van der Waals surface area contributed by atoms with E-state index in [9.17, 15) is 20.1 Å². The number of rotatable bonds is 14. The summed E-state index contributed by atoms with van der Waals surface area (Å²) in [6.45, 7) is 2.17. The van der Waals surface area contributed by atoms with Gasteiger partial charge in [0, 0.05) is 11.5 Å². The summed E-state index contributed by atoms with van der Waals surface area (Å²) in [6.07, 6.45) is 6.57. The SMILES string of the molecule is C[C@@H](C[S+](C/C=C/CCCCCN=[N+]=[N-])C[C@H]1O[C@@H](n2cnc3c(N)ncnc32)C(O)[C@H]1O)C(=O)O. The van der Waals surface area contributed by atoms with E-state index in [1.54, 1.807) is 6.92 Å². The Bertz CT molecular complexity index is 1090. The summed E-state index contributed by atoms with van der Waals surface area (Å²) in [4.78, 5) is 26.5. The molecule has 36 heavy (non-hydrogen) atoms. The number of imidazole rings is 1. The van der Waals surface area contributed by atoms with E-state index in [1.807, 2.05) is 6.08 Å². The van der Waals surface area contributed by atoms with Crippen molar-refractivity contribution in [3.63, 3.8) is 0 Å². The zero-order valence-electron chi connectivity index (χ0n) is 20.1. The van der Waals surface area contributed by atoms with Gasteiger partial charge in [-0.1, -0.05) is 17.6 Å². The van der Waals surface area contributed by atoms with Crippen molar-refractivity contribution in [1.29, 1.82) is 0 Å². The number of carboxylic acids is 1. The van der Waals surface area contributed by atoms with Gasteiger partial charge in [-0.15, -0.1) is 0 Å². The van der Waals surface area contributed by atoms with Crippen LogP contribution in [-0.2, 0) is 20.4 Å². The number of aliphatic hydroxyl groups excluding tert-OH is 2. The fraction of sp³-hybridized carbons (Fsp3) is 0.636. The van der Waals surface area contributed by atoms with Crippen LogP contribution in [-0.4, -0.2) is 82.9 Å². The van der Waals surface area contributed by atoms with Gasteiger partial charge in [0.25, 0.3) is 0 Å². The van der Waals surface area contributed by atoms with Crippen molar-refractivity contribution in [3.05, 3.63) is 35.2 Å². The molecule has 0 aliphatic carbocycles. The van der Waals surface area contributed by atoms with Crippen LogP contribution in [0.5, 0.6) is 0 Å². The Labute approximate surface area is 211 Å². The molecule has 0 radical (unpaired) electrons. The number of nitrogens with two attached hydrogens (primary N) is 1. The molecule has 14 heteroatoms. The van der Waals surface area contributed by atoms with E-state index in [4.69, 9.17) is 16.0 Å². The van der Waals surface area contributed by atoms with E-state index >= 15 is 0 Å². The third-order valence-electron chi connectivity index (χ3n) is 6.00. The average molecular weight is 522 g/mol. The Morgan fingerprint density at radius 1 is 1.31 bits per heavy atom. The van der Waals surface area contributed by atoms with Crippen LogP contribution in [0.4, 0.5) is 5.82 Å². The predicted molar refractivity (Wildman–Crippen MR) is 136 cm³/mol. The number of aromatic nitrogens is 4. The lowest BCUT2D eigenvalue weighted by molar-refractivity contribution is -0.140. The highest BCUT2D eigenvalue weighted by Crippen LogP contribution is 2.33. The third-order valence-corrected chi connectivity index (χ3v) is 8.43. The van der Waals surface area contributed by atoms with Gasteiger partial charge >= 0.3 is 5.97 Å². The molecule has 5 N–H and O–H groups in total. The van der Waals surface area contributed by atoms with Crippen LogP contribution in [0.3, 0.4) is 0 Å². The van der Waals surface area contributed by atoms with Gasteiger partial charge in [0.2, 0.25) is 0 Å².